The third-order valence-electron chi connectivity index (χ3n) is 13.1. The van der Waals surface area contributed by atoms with E-state index >= 15 is 0 Å². The number of esters is 3. The van der Waals surface area contributed by atoms with Crippen LogP contribution in [-0.2, 0) is 38.1 Å². The molecule has 330 valence electrons. The molecule has 4 saturated carbocycles. The lowest BCUT2D eigenvalue weighted by Crippen LogP contribution is -2.36. The summed E-state index contributed by atoms with van der Waals surface area (Å²) in [5.74, 6) is 1.38. The highest BCUT2D eigenvalue weighted by molar-refractivity contribution is 5.71. The Balaban J connectivity index is 1.39. The fourth-order valence-corrected chi connectivity index (χ4v) is 9.94. The molecule has 57 heavy (non-hydrogen) atoms. The highest BCUT2D eigenvalue weighted by atomic mass is 16.7. The minimum atomic E-state index is -0.779. The van der Waals surface area contributed by atoms with Gasteiger partial charge in [0.25, 0.3) is 0 Å². The third kappa shape index (κ3) is 20.9. The number of nitrogens with zero attached hydrogens (tertiary/aromatic N) is 1. The second-order valence-corrected chi connectivity index (χ2v) is 18.1. The Kier molecular flexibility index (Phi) is 24.9. The first-order valence-electron chi connectivity index (χ1n) is 23.7. The molecular formula is C47H83NO9. The van der Waals surface area contributed by atoms with Gasteiger partial charge in [-0.1, -0.05) is 91.9 Å². The Morgan fingerprint density at radius 1 is 0.561 bits per heavy atom. The van der Waals surface area contributed by atoms with E-state index in [9.17, 15) is 19.2 Å². The van der Waals surface area contributed by atoms with Crippen molar-refractivity contribution < 1.29 is 42.9 Å². The minimum absolute atomic E-state index is 0.00277. The molecule has 0 radical (unpaired) electrons. The summed E-state index contributed by atoms with van der Waals surface area (Å²) in [6, 6.07) is 0. The number of fused-ring (bicyclic) bond motifs is 1. The van der Waals surface area contributed by atoms with Crippen molar-refractivity contribution in [1.82, 2.24) is 4.90 Å². The molecule has 4 fully saturated rings. The molecule has 4 atom stereocenters. The number of rotatable bonds is 33. The lowest BCUT2D eigenvalue weighted by molar-refractivity contribution is -0.153. The van der Waals surface area contributed by atoms with E-state index in [1.807, 2.05) is 0 Å². The van der Waals surface area contributed by atoms with E-state index in [0.717, 1.165) is 69.5 Å². The first-order chi connectivity index (χ1) is 27.7. The van der Waals surface area contributed by atoms with Crippen LogP contribution < -0.4 is 0 Å². The number of hydrogen-bond donors (Lipinski definition) is 0. The molecule has 10 heteroatoms. The Bertz CT molecular complexity index is 1110. The van der Waals surface area contributed by atoms with Crippen molar-refractivity contribution in [1.29, 1.82) is 0 Å². The van der Waals surface area contributed by atoms with Crippen molar-refractivity contribution in [3.8, 4) is 0 Å². The van der Waals surface area contributed by atoms with Crippen molar-refractivity contribution in [2.45, 2.75) is 188 Å². The zero-order valence-electron chi connectivity index (χ0n) is 36.8. The standard InChI is InChI=1S/C47H83NO9/c1-5-9-11-13-14-16-21-38(20-15-12-10-6-2)34-54-43(49)22-17-18-23-44(50)55-35-42(37-57-46(52)53-27-19-26-48(7-3)8-4)36-56-45(51)33-47-25-24-39-28-40(31-47)30-41(29-39)32-47/h38-42H,5-37H2,1-4H3. The van der Waals surface area contributed by atoms with Gasteiger partial charge < -0.3 is 28.6 Å². The van der Waals surface area contributed by atoms with E-state index in [-0.39, 0.29) is 56.6 Å². The van der Waals surface area contributed by atoms with Crippen LogP contribution in [0.25, 0.3) is 0 Å². The van der Waals surface area contributed by atoms with Crippen molar-refractivity contribution >= 4 is 24.1 Å². The lowest BCUT2D eigenvalue weighted by atomic mass is 9.60. The SMILES string of the molecule is CCCCCCCCC(CCCCCC)COC(=O)CCCCC(=O)OCC(COC(=O)CC12CCC3CC(CC(C3)C1)C2)COC(=O)OCCCN(CC)CC. The molecule has 0 aliphatic heterocycles. The summed E-state index contributed by atoms with van der Waals surface area (Å²) in [6.45, 7) is 12.0. The zero-order chi connectivity index (χ0) is 41.1. The Morgan fingerprint density at radius 2 is 1.07 bits per heavy atom. The van der Waals surface area contributed by atoms with Crippen LogP contribution in [0.4, 0.5) is 4.79 Å². The third-order valence-corrected chi connectivity index (χ3v) is 13.1. The van der Waals surface area contributed by atoms with Crippen LogP contribution in [0.3, 0.4) is 0 Å². The number of carbonyl (C=O) groups excluding carboxylic acids is 4. The largest absolute Gasteiger partial charge is 0.508 e. The quantitative estimate of drug-likeness (QED) is 0.0360. The van der Waals surface area contributed by atoms with Gasteiger partial charge in [0.1, 0.15) is 19.8 Å². The van der Waals surface area contributed by atoms with Gasteiger partial charge >= 0.3 is 24.1 Å². The molecule has 0 saturated heterocycles. The fourth-order valence-electron chi connectivity index (χ4n) is 9.94. The Morgan fingerprint density at radius 3 is 1.67 bits per heavy atom. The van der Waals surface area contributed by atoms with Crippen LogP contribution in [0, 0.1) is 35.0 Å². The summed E-state index contributed by atoms with van der Waals surface area (Å²) in [5.41, 5.74) is 0.0409. The van der Waals surface area contributed by atoms with Crippen LogP contribution in [-0.4, -0.2) is 81.6 Å². The van der Waals surface area contributed by atoms with Gasteiger partial charge in [-0.2, -0.15) is 0 Å². The number of carbonyl (C=O) groups is 4. The molecule has 4 bridgehead atoms. The molecule has 0 N–H and O–H groups in total. The maximum Gasteiger partial charge on any atom is 0.508 e. The second kappa shape index (κ2) is 29.0. The van der Waals surface area contributed by atoms with E-state index in [1.165, 1.54) is 89.9 Å². The van der Waals surface area contributed by atoms with E-state index in [2.05, 4.69) is 32.6 Å². The molecule has 0 aromatic heterocycles. The second-order valence-electron chi connectivity index (χ2n) is 18.1. The maximum absolute atomic E-state index is 13.3. The van der Waals surface area contributed by atoms with E-state index in [1.54, 1.807) is 0 Å². The van der Waals surface area contributed by atoms with Crippen LogP contribution in [0.1, 0.15) is 188 Å². The van der Waals surface area contributed by atoms with Crippen LogP contribution in [0.2, 0.25) is 0 Å². The van der Waals surface area contributed by atoms with Crippen LogP contribution in [0.15, 0.2) is 0 Å². The molecule has 4 aliphatic carbocycles. The number of hydrogen-bond acceptors (Lipinski definition) is 10. The van der Waals surface area contributed by atoms with Gasteiger partial charge in [-0.15, -0.1) is 0 Å². The normalized spacial score (nSPS) is 22.2. The summed E-state index contributed by atoms with van der Waals surface area (Å²) in [5, 5.41) is 0. The van der Waals surface area contributed by atoms with Crippen molar-refractivity contribution in [3.63, 3.8) is 0 Å². The molecule has 0 heterocycles. The zero-order valence-corrected chi connectivity index (χ0v) is 36.8. The van der Waals surface area contributed by atoms with Crippen molar-refractivity contribution in [2.24, 2.45) is 35.0 Å². The summed E-state index contributed by atoms with van der Waals surface area (Å²) in [7, 11) is 0. The highest BCUT2D eigenvalue weighted by Crippen LogP contribution is 2.58. The smallest absolute Gasteiger partial charge is 0.465 e. The first-order valence-corrected chi connectivity index (χ1v) is 23.7. The molecule has 4 unspecified atom stereocenters. The summed E-state index contributed by atoms with van der Waals surface area (Å²) < 4.78 is 27.8. The Hall–Kier alpha value is -2.36. The molecule has 0 spiro atoms. The summed E-state index contributed by atoms with van der Waals surface area (Å²) >= 11 is 0. The maximum atomic E-state index is 13.3. The van der Waals surface area contributed by atoms with Gasteiger partial charge in [0.2, 0.25) is 0 Å². The topological polar surface area (TPSA) is 118 Å². The van der Waals surface area contributed by atoms with Gasteiger partial charge in [-0.3, -0.25) is 14.4 Å². The highest BCUT2D eigenvalue weighted by Gasteiger charge is 2.48. The minimum Gasteiger partial charge on any atom is -0.465 e. The average molecular weight is 806 g/mol. The van der Waals surface area contributed by atoms with Gasteiger partial charge in [-0.25, -0.2) is 4.79 Å². The van der Waals surface area contributed by atoms with Crippen LogP contribution >= 0.6 is 0 Å². The van der Waals surface area contributed by atoms with Crippen LogP contribution in [0.5, 0.6) is 0 Å². The number of unbranched alkanes of at least 4 members (excludes halogenated alkanes) is 9. The molecule has 10 nitrogen and oxygen atoms in total. The van der Waals surface area contributed by atoms with Crippen molar-refractivity contribution in [2.75, 3.05) is 52.7 Å². The predicted molar refractivity (Wildman–Crippen MR) is 225 cm³/mol. The van der Waals surface area contributed by atoms with Crippen molar-refractivity contribution in [3.05, 3.63) is 0 Å². The predicted octanol–water partition coefficient (Wildman–Crippen LogP) is 11.0. The average Bonchev–Trinajstić information content (AvgIpc) is 3.39. The monoisotopic (exact) mass is 806 g/mol. The lowest BCUT2D eigenvalue weighted by Gasteiger charge is -2.45. The van der Waals surface area contributed by atoms with Gasteiger partial charge in [-0.05, 0) is 119 Å². The van der Waals surface area contributed by atoms with E-state index < -0.39 is 18.0 Å². The molecule has 4 aliphatic rings. The van der Waals surface area contributed by atoms with Gasteiger partial charge in [0.15, 0.2) is 0 Å². The molecule has 0 aromatic carbocycles. The van der Waals surface area contributed by atoms with E-state index in [0.29, 0.717) is 38.2 Å². The van der Waals surface area contributed by atoms with Gasteiger partial charge in [0.05, 0.1) is 25.6 Å². The molecule has 0 aromatic rings. The molecule has 0 amide bonds. The van der Waals surface area contributed by atoms with E-state index in [4.69, 9.17) is 23.7 Å². The van der Waals surface area contributed by atoms with Gasteiger partial charge in [0, 0.05) is 19.4 Å². The summed E-state index contributed by atoms with van der Waals surface area (Å²) in [6.07, 6.45) is 25.0. The fraction of sp³-hybridized carbons (Fsp3) is 0.915. The first kappa shape index (κ1) is 49.0. The number of ether oxygens (including phenoxy) is 5. The molecule has 4 rings (SSSR count). The molecular weight excluding hydrogens is 723 g/mol. The Labute approximate surface area is 346 Å². The summed E-state index contributed by atoms with van der Waals surface area (Å²) in [4.78, 5) is 53.3.